The second-order valence-corrected chi connectivity index (χ2v) is 22.7. The van der Waals surface area contributed by atoms with E-state index in [-0.39, 0.29) is 25.9 Å². The lowest BCUT2D eigenvalue weighted by molar-refractivity contribution is -0.161. The lowest BCUT2D eigenvalue weighted by Gasteiger charge is -2.21. The molecule has 0 aliphatic carbocycles. The van der Waals surface area contributed by atoms with Gasteiger partial charge in [-0.3, -0.25) is 23.4 Å². The van der Waals surface area contributed by atoms with Gasteiger partial charge in [0.2, 0.25) is 0 Å². The van der Waals surface area contributed by atoms with Crippen LogP contribution in [0.5, 0.6) is 0 Å². The Balaban J connectivity index is 4.74. The zero-order valence-corrected chi connectivity index (χ0v) is 51.0. The summed E-state index contributed by atoms with van der Waals surface area (Å²) in [5.74, 6) is -1.48. The van der Waals surface area contributed by atoms with Gasteiger partial charge in [0.1, 0.15) is 12.7 Å². The van der Waals surface area contributed by atoms with Crippen LogP contribution in [0, 0.1) is 0 Å². The molecule has 452 valence electrons. The van der Waals surface area contributed by atoms with Gasteiger partial charge in [-0.1, -0.05) is 229 Å². The highest BCUT2D eigenvalue weighted by molar-refractivity contribution is 7.47. The zero-order chi connectivity index (χ0) is 56.9. The van der Waals surface area contributed by atoms with Crippen molar-refractivity contribution in [2.75, 3.05) is 26.4 Å². The molecule has 0 saturated carbocycles. The first-order chi connectivity index (χ1) is 38.2. The summed E-state index contributed by atoms with van der Waals surface area (Å²) in [6.45, 7) is 4.58. The Morgan fingerprint density at radius 3 is 1.00 bits per heavy atom. The van der Waals surface area contributed by atoms with Gasteiger partial charge in [0.05, 0.1) is 19.8 Å². The van der Waals surface area contributed by atoms with E-state index in [4.69, 9.17) is 23.3 Å². The Kier molecular flexibility index (Phi) is 57.7. The fourth-order valence-electron chi connectivity index (χ4n) is 8.68. The van der Waals surface area contributed by atoms with Gasteiger partial charge < -0.3 is 24.2 Å². The minimum atomic E-state index is -4.76. The first-order valence-corrected chi connectivity index (χ1v) is 33.3. The molecule has 0 saturated heterocycles. The maximum atomic E-state index is 13.0. The van der Waals surface area contributed by atoms with E-state index in [0.29, 0.717) is 19.3 Å². The molecular weight excluding hydrogens is 1000 g/mol. The third-order valence-corrected chi connectivity index (χ3v) is 14.5. The maximum Gasteiger partial charge on any atom is 0.472 e. The van der Waals surface area contributed by atoms with Crippen molar-refractivity contribution in [1.82, 2.24) is 0 Å². The Hall–Kier alpha value is -3.08. The third kappa shape index (κ3) is 57.6. The molecular formula is C66H117O11P. The normalized spacial score (nSPS) is 13.8. The van der Waals surface area contributed by atoms with Crippen molar-refractivity contribution in [1.29, 1.82) is 0 Å². The van der Waals surface area contributed by atoms with Crippen molar-refractivity contribution in [2.24, 2.45) is 0 Å². The number of hydrogen-bond donors (Lipinski definition) is 2. The molecule has 0 fully saturated rings. The van der Waals surface area contributed by atoms with Crippen molar-refractivity contribution in [3.8, 4) is 0 Å². The number of carbonyl (C=O) groups excluding carboxylic acids is 3. The van der Waals surface area contributed by atoms with Crippen LogP contribution in [0.3, 0.4) is 0 Å². The van der Waals surface area contributed by atoms with Gasteiger partial charge >= 0.3 is 25.7 Å². The summed E-state index contributed by atoms with van der Waals surface area (Å²) < 4.78 is 39.6. The standard InChI is InChI=1S/C66H117O11P/c1-4-7-10-13-16-19-22-25-27-29-31-33-35-38-40-43-46-49-52-55-64(68)73-59-63(77-66(70)57-54-51-48-45-42-39-36-34-32-30-28-26-23-20-17-14-11-8-5-2)61-75-78(71,72)74-60-62(58-67)76-65(69)56-53-50-47-44-41-37-24-21-18-15-12-9-6-3/h16-17,19-21,24-28,31,33,62-63,67H,4-15,18,22-23,29-30,32,34-61H2,1-3H3,(H,71,72)/b19-16-,20-17-,24-21-,27-25-,28-26-,33-31-. The summed E-state index contributed by atoms with van der Waals surface area (Å²) in [5, 5.41) is 9.83. The van der Waals surface area contributed by atoms with Gasteiger partial charge in [-0.15, -0.1) is 0 Å². The number of phosphoric acid groups is 1. The van der Waals surface area contributed by atoms with Crippen LogP contribution in [0.1, 0.15) is 290 Å². The van der Waals surface area contributed by atoms with Crippen LogP contribution in [0.15, 0.2) is 72.9 Å². The molecule has 0 amide bonds. The highest BCUT2D eigenvalue weighted by Gasteiger charge is 2.28. The number of aliphatic hydroxyl groups is 1. The average Bonchev–Trinajstić information content (AvgIpc) is 3.43. The third-order valence-electron chi connectivity index (χ3n) is 13.6. The molecule has 0 rings (SSSR count). The Labute approximate surface area is 478 Å². The lowest BCUT2D eigenvalue weighted by atomic mass is 10.1. The van der Waals surface area contributed by atoms with Crippen molar-refractivity contribution in [2.45, 2.75) is 303 Å². The van der Waals surface area contributed by atoms with E-state index in [1.54, 1.807) is 0 Å². The number of allylic oxidation sites excluding steroid dienone is 12. The van der Waals surface area contributed by atoms with Crippen LogP contribution >= 0.6 is 7.82 Å². The molecule has 0 bridgehead atoms. The van der Waals surface area contributed by atoms with Gasteiger partial charge in [0, 0.05) is 19.3 Å². The van der Waals surface area contributed by atoms with Gasteiger partial charge in [-0.05, 0) is 116 Å². The lowest BCUT2D eigenvalue weighted by Crippen LogP contribution is -2.30. The maximum absolute atomic E-state index is 13.0. The van der Waals surface area contributed by atoms with Crippen LogP contribution in [0.2, 0.25) is 0 Å². The quantitative estimate of drug-likeness (QED) is 0.0197. The van der Waals surface area contributed by atoms with E-state index >= 15 is 0 Å². The zero-order valence-electron chi connectivity index (χ0n) is 50.1. The number of aliphatic hydroxyl groups excluding tert-OH is 1. The molecule has 0 aromatic carbocycles. The highest BCUT2D eigenvalue weighted by Crippen LogP contribution is 2.43. The molecule has 3 unspecified atom stereocenters. The molecule has 78 heavy (non-hydrogen) atoms. The molecule has 11 nitrogen and oxygen atoms in total. The van der Waals surface area contributed by atoms with E-state index in [0.717, 1.165) is 122 Å². The Bertz CT molecular complexity index is 1590. The molecule has 0 aliphatic rings. The fraction of sp³-hybridized carbons (Fsp3) is 0.773. The predicted molar refractivity (Wildman–Crippen MR) is 325 cm³/mol. The first-order valence-electron chi connectivity index (χ1n) is 31.8. The van der Waals surface area contributed by atoms with Crippen LogP contribution in [0.25, 0.3) is 0 Å². The largest absolute Gasteiger partial charge is 0.472 e. The molecule has 0 aromatic heterocycles. The first kappa shape index (κ1) is 74.9. The second-order valence-electron chi connectivity index (χ2n) is 21.2. The molecule has 0 radical (unpaired) electrons. The molecule has 0 spiro atoms. The SMILES string of the molecule is CCCCC/C=C\C/C=C\C/C=C\CCCCCCCCC(=O)OCC(COP(=O)(O)OCC(CO)OC(=O)CCCCCCC/C=C\CCCCCC)OC(=O)CCCCCCCCCCC/C=C\C/C=C\CCCCC. The fourth-order valence-corrected chi connectivity index (χ4v) is 9.47. The van der Waals surface area contributed by atoms with E-state index in [1.165, 1.54) is 109 Å². The summed E-state index contributed by atoms with van der Waals surface area (Å²) in [4.78, 5) is 48.7. The van der Waals surface area contributed by atoms with E-state index < -0.39 is 57.8 Å². The summed E-state index contributed by atoms with van der Waals surface area (Å²) in [7, 11) is -4.76. The van der Waals surface area contributed by atoms with Crippen molar-refractivity contribution in [3.63, 3.8) is 0 Å². The van der Waals surface area contributed by atoms with Crippen LogP contribution in [-0.2, 0) is 42.2 Å². The minimum absolute atomic E-state index is 0.158. The molecule has 0 aliphatic heterocycles. The number of phosphoric ester groups is 1. The number of rotatable bonds is 59. The second kappa shape index (κ2) is 60.0. The van der Waals surface area contributed by atoms with E-state index in [2.05, 4.69) is 93.7 Å². The number of ether oxygens (including phenoxy) is 3. The molecule has 3 atom stereocenters. The Morgan fingerprint density at radius 2 is 0.628 bits per heavy atom. The molecule has 0 aromatic rings. The minimum Gasteiger partial charge on any atom is -0.462 e. The highest BCUT2D eigenvalue weighted by atomic mass is 31.2. The smallest absolute Gasteiger partial charge is 0.462 e. The monoisotopic (exact) mass is 1120 g/mol. The Morgan fingerprint density at radius 1 is 0.359 bits per heavy atom. The van der Waals surface area contributed by atoms with Crippen LogP contribution in [0.4, 0.5) is 0 Å². The van der Waals surface area contributed by atoms with Gasteiger partial charge in [0.15, 0.2) is 6.10 Å². The van der Waals surface area contributed by atoms with Gasteiger partial charge in [0.25, 0.3) is 0 Å². The van der Waals surface area contributed by atoms with Crippen LogP contribution < -0.4 is 0 Å². The number of unbranched alkanes of at least 4 members (excludes halogenated alkanes) is 30. The summed E-state index contributed by atoms with van der Waals surface area (Å²) in [6, 6.07) is 0. The van der Waals surface area contributed by atoms with Crippen LogP contribution in [-0.4, -0.2) is 66.5 Å². The molecule has 12 heteroatoms. The van der Waals surface area contributed by atoms with Gasteiger partial charge in [-0.2, -0.15) is 0 Å². The number of esters is 3. The number of hydrogen-bond acceptors (Lipinski definition) is 10. The van der Waals surface area contributed by atoms with Crippen molar-refractivity contribution in [3.05, 3.63) is 72.9 Å². The molecule has 0 heterocycles. The average molecular weight is 1120 g/mol. The van der Waals surface area contributed by atoms with Crippen molar-refractivity contribution >= 4 is 25.7 Å². The van der Waals surface area contributed by atoms with E-state index in [9.17, 15) is 28.9 Å². The summed E-state index contributed by atoms with van der Waals surface area (Å²) >= 11 is 0. The summed E-state index contributed by atoms with van der Waals surface area (Å²) in [5.41, 5.74) is 0. The van der Waals surface area contributed by atoms with Crippen molar-refractivity contribution < 1.29 is 52.2 Å². The summed E-state index contributed by atoms with van der Waals surface area (Å²) in [6.07, 6.45) is 68.4. The number of carbonyl (C=O) groups is 3. The predicted octanol–water partition coefficient (Wildman–Crippen LogP) is 19.3. The van der Waals surface area contributed by atoms with Gasteiger partial charge in [-0.25, -0.2) is 4.57 Å². The molecule has 2 N–H and O–H groups in total. The topological polar surface area (TPSA) is 155 Å². The van der Waals surface area contributed by atoms with E-state index in [1.807, 2.05) is 0 Å².